The molecule has 0 saturated heterocycles. The molecule has 2 aliphatic rings. The molecular weight excluding hydrogens is 887 g/mol. The first-order valence-corrected chi connectivity index (χ1v) is 22.1. The van der Waals surface area contributed by atoms with Crippen LogP contribution >= 0.6 is 0 Å². The van der Waals surface area contributed by atoms with Crippen LogP contribution in [0.15, 0.2) is 149 Å². The van der Waals surface area contributed by atoms with E-state index in [4.69, 9.17) is 32.8 Å². The van der Waals surface area contributed by atoms with Crippen LogP contribution in [0, 0.1) is 23.7 Å². The number of methoxy groups -OCH3 is 4. The molecule has 0 radical (unpaired) electrons. The van der Waals surface area contributed by atoms with E-state index in [-0.39, 0.29) is 39.7 Å². The number of aromatic nitrogens is 2. The molecule has 2 atom stereocenters. The lowest BCUT2D eigenvalue weighted by Gasteiger charge is -2.36. The van der Waals surface area contributed by atoms with E-state index in [1.54, 1.807) is 56.9 Å². The highest BCUT2D eigenvalue weighted by atomic mass is 16.6. The quantitative estimate of drug-likeness (QED) is 0.0587. The number of rotatable bonds is 9. The predicted octanol–water partition coefficient (Wildman–Crippen LogP) is 9.10. The highest BCUT2D eigenvalue weighted by Crippen LogP contribution is 2.57. The van der Waals surface area contributed by atoms with Gasteiger partial charge >= 0.3 is 17.6 Å². The number of nitrogens with zero attached hydrogens (tertiary/aromatic N) is 3. The van der Waals surface area contributed by atoms with E-state index in [9.17, 15) is 14.4 Å². The second-order valence-electron chi connectivity index (χ2n) is 16.3. The van der Waals surface area contributed by atoms with Gasteiger partial charge in [-0.05, 0) is 89.8 Å². The van der Waals surface area contributed by atoms with Gasteiger partial charge in [0.2, 0.25) is 0 Å². The predicted molar refractivity (Wildman–Crippen MR) is 260 cm³/mol. The number of anilines is 1. The maximum Gasteiger partial charge on any atom is 0.360 e. The van der Waals surface area contributed by atoms with Gasteiger partial charge < -0.3 is 37.7 Å². The van der Waals surface area contributed by atoms with Gasteiger partial charge in [0.15, 0.2) is 34.5 Å². The largest absolute Gasteiger partial charge is 0.493 e. The van der Waals surface area contributed by atoms with Gasteiger partial charge in [0.25, 0.3) is 0 Å². The summed E-state index contributed by atoms with van der Waals surface area (Å²) in [6.07, 6.45) is 6.53. The fourth-order valence-electron chi connectivity index (χ4n) is 8.99. The summed E-state index contributed by atoms with van der Waals surface area (Å²) in [5.74, 6) is 12.1. The minimum atomic E-state index is -0.721. The fraction of sp³-hybridized carbons (Fsp3) is 0.140. The zero-order valence-corrected chi connectivity index (χ0v) is 38.3. The third-order valence-electron chi connectivity index (χ3n) is 12.2. The first-order valence-electron chi connectivity index (χ1n) is 22.1. The van der Waals surface area contributed by atoms with E-state index in [0.29, 0.717) is 52.2 Å². The topological polar surface area (TPSA) is 149 Å². The summed E-state index contributed by atoms with van der Waals surface area (Å²) in [5.41, 5.74) is 6.30. The number of esters is 2. The molecule has 70 heavy (non-hydrogen) atoms. The summed E-state index contributed by atoms with van der Waals surface area (Å²) in [7, 11) is 6.12. The number of benzene rings is 5. The summed E-state index contributed by atoms with van der Waals surface area (Å²) < 4.78 is 41.3. The standard InChI is InChI=1S/C57H41N3O10/c1-64-46-26-39(19-20-44(46)68-55(61)40-23-36(30-58-32-40)17-15-34-11-7-5-8-12-34)51-52-43-28-49(67-4)50(70-56(62)41-24-37(31-59-33-41)18-16-35-13-9-6-10-14-35)29-45(43)69-57(63)54(52)60-22-21-38-25-47(65-2)48(66-3)27-42(38)53(51)60/h5-14,19-20,23-33,51,53H,21-22H2,1-4H3. The van der Waals surface area contributed by atoms with Gasteiger partial charge in [-0.3, -0.25) is 9.97 Å². The van der Waals surface area contributed by atoms with Crippen molar-refractivity contribution in [2.24, 2.45) is 0 Å². The van der Waals surface area contributed by atoms with Crippen molar-refractivity contribution >= 4 is 28.6 Å². The maximum absolute atomic E-state index is 14.5. The Morgan fingerprint density at radius 1 is 0.586 bits per heavy atom. The summed E-state index contributed by atoms with van der Waals surface area (Å²) in [4.78, 5) is 52.4. The number of pyridine rings is 2. The van der Waals surface area contributed by atoms with Gasteiger partial charge in [-0.25, -0.2) is 14.4 Å². The molecule has 3 aromatic heterocycles. The van der Waals surface area contributed by atoms with Crippen molar-refractivity contribution in [3.63, 3.8) is 0 Å². The van der Waals surface area contributed by atoms with Crippen LogP contribution in [0.3, 0.4) is 0 Å². The SMILES string of the molecule is COc1cc2c(cc1OC)C1C(c3ccc(OC(=O)c4cncc(C#Cc5ccccc5)c4)c(OC)c3)c3c(c(=O)oc4cc(OC(=O)c5cncc(C#Cc6ccccc6)c5)c(OC)cc34)N1CC2. The second-order valence-corrected chi connectivity index (χ2v) is 16.3. The number of hydrogen-bond acceptors (Lipinski definition) is 13. The molecule has 2 unspecified atom stereocenters. The van der Waals surface area contributed by atoms with Crippen LogP contribution in [0.4, 0.5) is 5.69 Å². The third-order valence-corrected chi connectivity index (χ3v) is 12.2. The van der Waals surface area contributed by atoms with Crippen molar-refractivity contribution in [1.82, 2.24) is 9.97 Å². The highest BCUT2D eigenvalue weighted by molar-refractivity contribution is 5.95. The zero-order valence-electron chi connectivity index (χ0n) is 38.3. The van der Waals surface area contributed by atoms with Crippen molar-refractivity contribution in [3.05, 3.63) is 206 Å². The monoisotopic (exact) mass is 927 g/mol. The Kier molecular flexibility index (Phi) is 12.2. The molecule has 0 aliphatic carbocycles. The van der Waals surface area contributed by atoms with Crippen LogP contribution in [0.5, 0.6) is 34.5 Å². The summed E-state index contributed by atoms with van der Waals surface area (Å²) in [6, 6.07) is 34.1. The summed E-state index contributed by atoms with van der Waals surface area (Å²) in [5, 5.41) is 0.546. The molecule has 0 N–H and O–H groups in total. The van der Waals surface area contributed by atoms with E-state index in [1.807, 2.05) is 78.9 Å². The van der Waals surface area contributed by atoms with Gasteiger partial charge in [-0.2, -0.15) is 0 Å². The summed E-state index contributed by atoms with van der Waals surface area (Å²) in [6.45, 7) is 0.470. The fourth-order valence-corrected chi connectivity index (χ4v) is 8.99. The molecule has 10 rings (SSSR count). The second kappa shape index (κ2) is 19.1. The summed E-state index contributed by atoms with van der Waals surface area (Å²) >= 11 is 0. The van der Waals surface area contributed by atoms with E-state index in [0.717, 1.165) is 27.8 Å². The Morgan fingerprint density at radius 3 is 1.73 bits per heavy atom. The molecule has 5 aromatic carbocycles. The first kappa shape index (κ1) is 44.5. The minimum absolute atomic E-state index is 0.0233. The molecule has 8 aromatic rings. The molecule has 13 heteroatoms. The average molecular weight is 928 g/mol. The normalized spacial score (nSPS) is 14.1. The van der Waals surface area contributed by atoms with E-state index in [1.165, 1.54) is 32.7 Å². The van der Waals surface area contributed by atoms with E-state index >= 15 is 0 Å². The molecule has 0 fully saturated rings. The first-order chi connectivity index (χ1) is 34.2. The van der Waals surface area contributed by atoms with E-state index in [2.05, 4.69) is 38.5 Å². The lowest BCUT2D eigenvalue weighted by atomic mass is 9.80. The van der Waals surface area contributed by atoms with Crippen molar-refractivity contribution < 1.29 is 42.4 Å². The number of carbonyl (C=O) groups excluding carboxylic acids is 2. The molecule has 0 spiro atoms. The van der Waals surface area contributed by atoms with Crippen LogP contribution in [-0.2, 0) is 6.42 Å². The molecular formula is C57H41N3O10. The molecule has 344 valence electrons. The number of hydrogen-bond donors (Lipinski definition) is 0. The Hall–Kier alpha value is -9.33. The van der Waals surface area contributed by atoms with Crippen LogP contribution in [0.2, 0.25) is 0 Å². The van der Waals surface area contributed by atoms with Crippen LogP contribution in [0.25, 0.3) is 11.0 Å². The lowest BCUT2D eigenvalue weighted by molar-refractivity contribution is 0.0720. The van der Waals surface area contributed by atoms with Gasteiger partial charge in [0.1, 0.15) is 11.3 Å². The molecule has 5 heterocycles. The smallest absolute Gasteiger partial charge is 0.360 e. The van der Waals surface area contributed by atoms with Crippen molar-refractivity contribution in [1.29, 1.82) is 0 Å². The Balaban J connectivity index is 1.04. The Morgan fingerprint density at radius 2 is 1.13 bits per heavy atom. The van der Waals surface area contributed by atoms with Crippen molar-refractivity contribution in [2.45, 2.75) is 18.4 Å². The van der Waals surface area contributed by atoms with Crippen LogP contribution in [-0.4, -0.2) is 56.9 Å². The Labute approximate surface area is 402 Å². The molecule has 0 saturated carbocycles. The van der Waals surface area contributed by atoms with Gasteiger partial charge in [0.05, 0.1) is 45.6 Å². The van der Waals surface area contributed by atoms with E-state index < -0.39 is 29.5 Å². The Bertz CT molecular complexity index is 3550. The van der Waals surface area contributed by atoms with Gasteiger partial charge in [-0.1, -0.05) is 66.1 Å². The number of fused-ring (bicyclic) bond motifs is 7. The minimum Gasteiger partial charge on any atom is -0.493 e. The highest BCUT2D eigenvalue weighted by Gasteiger charge is 2.47. The van der Waals surface area contributed by atoms with Crippen molar-refractivity contribution in [2.75, 3.05) is 39.9 Å². The van der Waals surface area contributed by atoms with Gasteiger partial charge in [-0.15, -0.1) is 0 Å². The third kappa shape index (κ3) is 8.60. The molecule has 0 amide bonds. The molecule has 0 bridgehead atoms. The number of carbonyl (C=O) groups is 2. The average Bonchev–Trinajstić information content (AvgIpc) is 3.76. The van der Waals surface area contributed by atoms with Crippen LogP contribution in [0.1, 0.15) is 77.2 Å². The van der Waals surface area contributed by atoms with Crippen LogP contribution < -0.4 is 38.9 Å². The zero-order chi connectivity index (χ0) is 48.3. The maximum atomic E-state index is 14.5. The number of ether oxygens (including phenoxy) is 6. The lowest BCUT2D eigenvalue weighted by Crippen LogP contribution is -2.36. The van der Waals surface area contributed by atoms with Crippen molar-refractivity contribution in [3.8, 4) is 58.2 Å². The molecule has 2 aliphatic heterocycles. The van der Waals surface area contributed by atoms with Gasteiger partial charge in [0, 0.05) is 76.5 Å². The molecule has 13 nitrogen and oxygen atoms in total.